The van der Waals surface area contributed by atoms with Gasteiger partial charge in [0.15, 0.2) is 11.5 Å². The molecule has 4 nitrogen and oxygen atoms in total. The molecule has 112 valence electrons. The number of carbonyl (C=O) groups is 1. The van der Waals surface area contributed by atoms with Crippen molar-refractivity contribution in [3.05, 3.63) is 23.8 Å². The maximum absolute atomic E-state index is 11.7. The van der Waals surface area contributed by atoms with E-state index in [1.165, 1.54) is 0 Å². The van der Waals surface area contributed by atoms with Crippen molar-refractivity contribution in [1.29, 1.82) is 0 Å². The summed E-state index contributed by atoms with van der Waals surface area (Å²) in [5, 5.41) is 0. The molecule has 0 aromatic heterocycles. The summed E-state index contributed by atoms with van der Waals surface area (Å²) in [5.74, 6) is 1.01. The Labute approximate surface area is 126 Å². The highest BCUT2D eigenvalue weighted by Crippen LogP contribution is 2.34. The number of ether oxygens (including phenoxy) is 2. The van der Waals surface area contributed by atoms with E-state index in [0.29, 0.717) is 11.5 Å². The largest absolute Gasteiger partial charge is 0.493 e. The molecule has 0 radical (unpaired) electrons. The smallest absolute Gasteiger partial charge is 0.314 e. The minimum Gasteiger partial charge on any atom is -0.493 e. The van der Waals surface area contributed by atoms with Gasteiger partial charge in [0.05, 0.1) is 13.0 Å². The van der Waals surface area contributed by atoms with Crippen molar-refractivity contribution in [3.8, 4) is 11.5 Å². The van der Waals surface area contributed by atoms with Crippen molar-refractivity contribution in [2.45, 2.75) is 38.6 Å². The van der Waals surface area contributed by atoms with Gasteiger partial charge in [-0.25, -0.2) is 0 Å². The Morgan fingerprint density at radius 1 is 1.40 bits per heavy atom. The summed E-state index contributed by atoms with van der Waals surface area (Å²) in [5.41, 5.74) is 7.03. The van der Waals surface area contributed by atoms with Crippen molar-refractivity contribution in [3.63, 3.8) is 0 Å². The molecule has 2 rings (SSSR count). The highest BCUT2D eigenvalue weighted by Gasteiger charge is 2.32. The van der Waals surface area contributed by atoms with Crippen molar-refractivity contribution < 1.29 is 14.3 Å². The molecule has 0 bridgehead atoms. The third kappa shape index (κ3) is 4.39. The maximum atomic E-state index is 11.7. The monoisotopic (exact) mass is 299 g/mol. The molecular formula is C15H22ClNO3. The second kappa shape index (κ2) is 7.50. The van der Waals surface area contributed by atoms with E-state index in [2.05, 4.69) is 6.92 Å². The second-order valence-corrected chi connectivity index (χ2v) is 5.05. The first-order chi connectivity index (χ1) is 9.13. The van der Waals surface area contributed by atoms with Gasteiger partial charge >= 0.3 is 5.97 Å². The molecule has 1 saturated carbocycles. The molecule has 2 N–H and O–H groups in total. The molecule has 0 amide bonds. The highest BCUT2D eigenvalue weighted by molar-refractivity contribution is 5.85. The van der Waals surface area contributed by atoms with Crippen LogP contribution >= 0.6 is 12.4 Å². The van der Waals surface area contributed by atoms with Crippen LogP contribution in [0.1, 0.15) is 31.7 Å². The number of methoxy groups -OCH3 is 1. The van der Waals surface area contributed by atoms with E-state index in [9.17, 15) is 4.79 Å². The Bertz CT molecular complexity index is 460. The molecule has 20 heavy (non-hydrogen) atoms. The van der Waals surface area contributed by atoms with E-state index in [1.54, 1.807) is 13.2 Å². The van der Waals surface area contributed by atoms with Gasteiger partial charge in [0, 0.05) is 6.04 Å². The lowest BCUT2D eigenvalue weighted by Gasteiger charge is -2.13. The van der Waals surface area contributed by atoms with E-state index in [0.717, 1.165) is 31.2 Å². The van der Waals surface area contributed by atoms with Gasteiger partial charge in [-0.05, 0) is 43.4 Å². The van der Waals surface area contributed by atoms with Crippen LogP contribution < -0.4 is 15.2 Å². The molecule has 0 spiro atoms. The number of nitrogens with two attached hydrogens (primary N) is 1. The van der Waals surface area contributed by atoms with Crippen LogP contribution in [0.25, 0.3) is 0 Å². The first kappa shape index (κ1) is 16.8. The van der Waals surface area contributed by atoms with Crippen molar-refractivity contribution in [2.75, 3.05) is 7.11 Å². The molecule has 5 heteroatoms. The fourth-order valence-electron chi connectivity index (χ4n) is 1.88. The zero-order chi connectivity index (χ0) is 13.8. The third-order valence-corrected chi connectivity index (χ3v) is 3.37. The quantitative estimate of drug-likeness (QED) is 0.648. The van der Waals surface area contributed by atoms with Gasteiger partial charge in [-0.3, -0.25) is 4.79 Å². The third-order valence-electron chi connectivity index (χ3n) is 3.37. The number of hydrogen-bond donors (Lipinski definition) is 1. The number of rotatable bonds is 6. The minimum atomic E-state index is -0.156. The zero-order valence-electron chi connectivity index (χ0n) is 11.9. The zero-order valence-corrected chi connectivity index (χ0v) is 12.7. The van der Waals surface area contributed by atoms with E-state index >= 15 is 0 Å². The summed E-state index contributed by atoms with van der Waals surface area (Å²) in [7, 11) is 1.58. The molecule has 0 saturated heterocycles. The van der Waals surface area contributed by atoms with Gasteiger partial charge in [0.1, 0.15) is 0 Å². The maximum Gasteiger partial charge on any atom is 0.314 e. The van der Waals surface area contributed by atoms with Crippen molar-refractivity contribution in [1.82, 2.24) is 0 Å². The highest BCUT2D eigenvalue weighted by atomic mass is 35.5. The summed E-state index contributed by atoms with van der Waals surface area (Å²) in [6.07, 6.45) is 3.60. The Hall–Kier alpha value is -1.26. The fraction of sp³-hybridized carbons (Fsp3) is 0.533. The SMILES string of the molecule is CCC(N)Cc1ccc(OC(=O)C2CC2)c(OC)c1.Cl. The van der Waals surface area contributed by atoms with Gasteiger partial charge < -0.3 is 15.2 Å². The Morgan fingerprint density at radius 2 is 2.10 bits per heavy atom. The van der Waals surface area contributed by atoms with Crippen LogP contribution in [0.4, 0.5) is 0 Å². The van der Waals surface area contributed by atoms with Crippen LogP contribution in [-0.4, -0.2) is 19.1 Å². The van der Waals surface area contributed by atoms with Gasteiger partial charge in [-0.2, -0.15) is 0 Å². The van der Waals surface area contributed by atoms with Gasteiger partial charge in [-0.1, -0.05) is 13.0 Å². The van der Waals surface area contributed by atoms with Crippen LogP contribution in [0.2, 0.25) is 0 Å². The molecule has 1 atom stereocenters. The summed E-state index contributed by atoms with van der Waals surface area (Å²) in [4.78, 5) is 11.7. The van der Waals surface area contributed by atoms with Crippen molar-refractivity contribution >= 4 is 18.4 Å². The molecule has 1 aliphatic carbocycles. The van der Waals surface area contributed by atoms with Crippen molar-refractivity contribution in [2.24, 2.45) is 11.7 Å². The minimum absolute atomic E-state index is 0. The molecule has 0 aliphatic heterocycles. The molecule has 0 heterocycles. The summed E-state index contributed by atoms with van der Waals surface area (Å²) in [6.45, 7) is 2.06. The van der Waals surface area contributed by atoms with E-state index in [4.69, 9.17) is 15.2 Å². The predicted octanol–water partition coefficient (Wildman–Crippen LogP) is 2.71. The summed E-state index contributed by atoms with van der Waals surface area (Å²) >= 11 is 0. The van der Waals surface area contributed by atoms with E-state index in [1.807, 2.05) is 12.1 Å². The Kier molecular flexibility index (Phi) is 6.30. The predicted molar refractivity (Wildman–Crippen MR) is 80.6 cm³/mol. The first-order valence-electron chi connectivity index (χ1n) is 6.78. The van der Waals surface area contributed by atoms with Crippen LogP contribution in [0.15, 0.2) is 18.2 Å². The molecule has 1 aromatic carbocycles. The van der Waals surface area contributed by atoms with E-state index < -0.39 is 0 Å². The van der Waals surface area contributed by atoms with Crippen LogP contribution in [-0.2, 0) is 11.2 Å². The van der Waals surface area contributed by atoms with Gasteiger partial charge in [0.2, 0.25) is 0 Å². The van der Waals surface area contributed by atoms with Crippen LogP contribution in [0.3, 0.4) is 0 Å². The lowest BCUT2D eigenvalue weighted by molar-refractivity contribution is -0.135. The molecule has 1 unspecified atom stereocenters. The fourth-order valence-corrected chi connectivity index (χ4v) is 1.88. The second-order valence-electron chi connectivity index (χ2n) is 5.05. The average Bonchev–Trinajstić information content (AvgIpc) is 3.24. The lowest BCUT2D eigenvalue weighted by atomic mass is 10.0. The first-order valence-corrected chi connectivity index (χ1v) is 6.78. The molecule has 1 aromatic rings. The number of esters is 1. The summed E-state index contributed by atoms with van der Waals surface area (Å²) < 4.78 is 10.6. The van der Waals surface area contributed by atoms with Crippen LogP contribution in [0.5, 0.6) is 11.5 Å². The standard InChI is InChI=1S/C15H21NO3.ClH/c1-3-12(16)8-10-4-7-13(14(9-10)18-2)19-15(17)11-5-6-11;/h4,7,9,11-12H,3,5-6,8,16H2,1-2H3;1H. The molecule has 1 aliphatic rings. The lowest BCUT2D eigenvalue weighted by Crippen LogP contribution is -2.21. The summed E-state index contributed by atoms with van der Waals surface area (Å²) in [6, 6.07) is 5.76. The Balaban J connectivity index is 0.00000200. The number of hydrogen-bond acceptors (Lipinski definition) is 4. The number of benzene rings is 1. The van der Waals surface area contributed by atoms with Gasteiger partial charge in [-0.15, -0.1) is 12.4 Å². The molecular weight excluding hydrogens is 278 g/mol. The van der Waals surface area contributed by atoms with Gasteiger partial charge in [0.25, 0.3) is 0 Å². The average molecular weight is 300 g/mol. The molecule has 1 fully saturated rings. The Morgan fingerprint density at radius 3 is 2.65 bits per heavy atom. The topological polar surface area (TPSA) is 61.5 Å². The number of halogens is 1. The van der Waals surface area contributed by atoms with E-state index in [-0.39, 0.29) is 30.3 Å². The van der Waals surface area contributed by atoms with Crippen LogP contribution in [0, 0.1) is 5.92 Å². The number of carbonyl (C=O) groups excluding carboxylic acids is 1. The normalized spacial score (nSPS) is 15.2.